The number of benzene rings is 2. The zero-order valence-corrected chi connectivity index (χ0v) is 20.9. The van der Waals surface area contributed by atoms with E-state index in [1.807, 2.05) is 71.4 Å². The first-order chi connectivity index (χ1) is 17.0. The predicted molar refractivity (Wildman–Crippen MR) is 140 cm³/mol. The Morgan fingerprint density at radius 1 is 1.09 bits per heavy atom. The van der Waals surface area contributed by atoms with Crippen molar-refractivity contribution in [3.05, 3.63) is 110 Å². The molecule has 0 aliphatic rings. The number of halogens is 1. The molecule has 2 N–H and O–H groups in total. The first-order valence-corrected chi connectivity index (χ1v) is 12.8. The lowest BCUT2D eigenvalue weighted by Gasteiger charge is -2.19. The standard InChI is InChI=1S/C26H20ClN3O3S2/c1-33-22-14-18(10-12-28-22)16-6-8-17(9-7-16)23(19-11-13-34-15-19)30-26(32)24(25(31)29-30)35-21-5-3-2-4-20(21)27/h2-15,23,32H,1H3,(H,29,31). The van der Waals surface area contributed by atoms with E-state index in [1.54, 1.807) is 30.7 Å². The number of nitrogens with one attached hydrogen (secondary N) is 1. The minimum absolute atomic E-state index is 0.140. The molecule has 0 saturated heterocycles. The van der Waals surface area contributed by atoms with Gasteiger partial charge in [0.05, 0.1) is 12.1 Å². The van der Waals surface area contributed by atoms with Crippen LogP contribution in [0.3, 0.4) is 0 Å². The Morgan fingerprint density at radius 3 is 2.60 bits per heavy atom. The molecule has 2 aromatic carbocycles. The van der Waals surface area contributed by atoms with Gasteiger partial charge in [0.2, 0.25) is 11.8 Å². The number of rotatable bonds is 7. The molecule has 0 aliphatic heterocycles. The lowest BCUT2D eigenvalue weighted by atomic mass is 9.98. The Balaban J connectivity index is 1.54. The fraction of sp³-hybridized carbons (Fsp3) is 0.0769. The third-order valence-electron chi connectivity index (χ3n) is 5.53. The molecule has 3 heterocycles. The average molecular weight is 522 g/mol. The Labute approximate surface area is 214 Å². The molecule has 176 valence electrons. The summed E-state index contributed by atoms with van der Waals surface area (Å²) in [5, 5.41) is 18.5. The number of ether oxygens (including phenoxy) is 1. The molecule has 0 bridgehead atoms. The van der Waals surface area contributed by atoms with Crippen molar-refractivity contribution in [3.8, 4) is 22.9 Å². The van der Waals surface area contributed by atoms with Gasteiger partial charge in [0.15, 0.2) is 0 Å². The normalized spacial score (nSPS) is 11.9. The second-order valence-electron chi connectivity index (χ2n) is 7.66. The minimum Gasteiger partial charge on any atom is -0.493 e. The maximum atomic E-state index is 12.9. The first-order valence-electron chi connectivity index (χ1n) is 10.6. The lowest BCUT2D eigenvalue weighted by molar-refractivity contribution is 0.385. The van der Waals surface area contributed by atoms with Gasteiger partial charge < -0.3 is 9.84 Å². The molecule has 35 heavy (non-hydrogen) atoms. The quantitative estimate of drug-likeness (QED) is 0.257. The number of aromatic hydroxyl groups is 1. The molecular weight excluding hydrogens is 502 g/mol. The minimum atomic E-state index is -0.421. The Morgan fingerprint density at radius 2 is 1.89 bits per heavy atom. The number of pyridine rings is 1. The molecule has 0 saturated carbocycles. The van der Waals surface area contributed by atoms with Crippen LogP contribution >= 0.6 is 34.7 Å². The lowest BCUT2D eigenvalue weighted by Crippen LogP contribution is -2.15. The van der Waals surface area contributed by atoms with Crippen molar-refractivity contribution in [2.45, 2.75) is 15.8 Å². The molecule has 0 spiro atoms. The number of aromatic amines is 1. The van der Waals surface area contributed by atoms with Crippen LogP contribution in [0.25, 0.3) is 11.1 Å². The summed E-state index contributed by atoms with van der Waals surface area (Å²) in [5.41, 5.74) is 3.45. The van der Waals surface area contributed by atoms with Crippen molar-refractivity contribution in [1.82, 2.24) is 14.8 Å². The van der Waals surface area contributed by atoms with Crippen LogP contribution in [0.15, 0.2) is 98.3 Å². The van der Waals surface area contributed by atoms with Crippen LogP contribution in [0, 0.1) is 0 Å². The summed E-state index contributed by atoms with van der Waals surface area (Å²) in [4.78, 5) is 17.9. The van der Waals surface area contributed by atoms with Crippen LogP contribution in [0.1, 0.15) is 17.2 Å². The number of aromatic nitrogens is 3. The van der Waals surface area contributed by atoms with Gasteiger partial charge in [0, 0.05) is 17.2 Å². The molecule has 1 unspecified atom stereocenters. The van der Waals surface area contributed by atoms with E-state index < -0.39 is 6.04 Å². The van der Waals surface area contributed by atoms with Crippen LogP contribution in [0.5, 0.6) is 11.8 Å². The second kappa shape index (κ2) is 10.0. The summed E-state index contributed by atoms with van der Waals surface area (Å²) in [7, 11) is 1.59. The van der Waals surface area contributed by atoms with Crippen LogP contribution in [0.2, 0.25) is 5.02 Å². The van der Waals surface area contributed by atoms with Gasteiger partial charge in [-0.2, -0.15) is 11.3 Å². The molecule has 5 rings (SSSR count). The molecule has 0 radical (unpaired) electrons. The summed E-state index contributed by atoms with van der Waals surface area (Å²) in [6.45, 7) is 0. The number of nitrogens with zero attached hydrogens (tertiary/aromatic N) is 2. The monoisotopic (exact) mass is 521 g/mol. The van der Waals surface area contributed by atoms with Gasteiger partial charge in [-0.05, 0) is 57.3 Å². The number of methoxy groups -OCH3 is 1. The van der Waals surface area contributed by atoms with Crippen LogP contribution in [-0.2, 0) is 0 Å². The molecular formula is C26H20ClN3O3S2. The van der Waals surface area contributed by atoms with Crippen LogP contribution < -0.4 is 10.3 Å². The molecule has 6 nitrogen and oxygen atoms in total. The highest BCUT2D eigenvalue weighted by atomic mass is 35.5. The number of hydrogen-bond donors (Lipinski definition) is 2. The molecule has 0 amide bonds. The Bertz CT molecular complexity index is 1510. The zero-order valence-electron chi connectivity index (χ0n) is 18.5. The Hall–Kier alpha value is -3.46. The van der Waals surface area contributed by atoms with Gasteiger partial charge in [0.1, 0.15) is 10.9 Å². The largest absolute Gasteiger partial charge is 0.493 e. The highest BCUT2D eigenvalue weighted by Crippen LogP contribution is 2.39. The van der Waals surface area contributed by atoms with Gasteiger partial charge in [-0.3, -0.25) is 9.89 Å². The van der Waals surface area contributed by atoms with Crippen molar-refractivity contribution in [2.75, 3.05) is 7.11 Å². The highest BCUT2D eigenvalue weighted by molar-refractivity contribution is 7.99. The van der Waals surface area contributed by atoms with E-state index in [0.717, 1.165) is 34.0 Å². The van der Waals surface area contributed by atoms with E-state index in [-0.39, 0.29) is 16.3 Å². The molecule has 9 heteroatoms. The predicted octanol–water partition coefficient (Wildman–Crippen LogP) is 6.46. The second-order valence-corrected chi connectivity index (χ2v) is 9.90. The van der Waals surface area contributed by atoms with Crippen molar-refractivity contribution < 1.29 is 9.84 Å². The summed E-state index contributed by atoms with van der Waals surface area (Å²) >= 11 is 8.97. The van der Waals surface area contributed by atoms with E-state index in [9.17, 15) is 9.90 Å². The van der Waals surface area contributed by atoms with Gasteiger partial charge in [-0.1, -0.05) is 59.8 Å². The molecule has 0 aliphatic carbocycles. The van der Waals surface area contributed by atoms with Crippen molar-refractivity contribution in [2.24, 2.45) is 0 Å². The fourth-order valence-electron chi connectivity index (χ4n) is 3.82. The zero-order chi connectivity index (χ0) is 24.4. The summed E-state index contributed by atoms with van der Waals surface area (Å²) in [6.07, 6.45) is 1.71. The van der Waals surface area contributed by atoms with Crippen molar-refractivity contribution in [1.29, 1.82) is 0 Å². The summed E-state index contributed by atoms with van der Waals surface area (Å²) < 4.78 is 6.74. The third-order valence-corrected chi connectivity index (χ3v) is 7.82. The van der Waals surface area contributed by atoms with E-state index in [0.29, 0.717) is 15.8 Å². The van der Waals surface area contributed by atoms with E-state index in [2.05, 4.69) is 10.1 Å². The number of hydrogen-bond acceptors (Lipinski definition) is 6. The van der Waals surface area contributed by atoms with Gasteiger partial charge in [-0.15, -0.1) is 0 Å². The molecule has 3 aromatic heterocycles. The maximum absolute atomic E-state index is 12.9. The SMILES string of the molecule is COc1cc(-c2ccc(C(c3ccsc3)n3[nH]c(=O)c(Sc4ccccc4Cl)c3O)cc2)ccn1. The summed E-state index contributed by atoms with van der Waals surface area (Å²) in [6, 6.07) is 20.6. The van der Waals surface area contributed by atoms with E-state index >= 15 is 0 Å². The van der Waals surface area contributed by atoms with Crippen LogP contribution in [0.4, 0.5) is 0 Å². The molecule has 5 aromatic rings. The van der Waals surface area contributed by atoms with Gasteiger partial charge >= 0.3 is 0 Å². The molecule has 0 fully saturated rings. The average Bonchev–Trinajstić information content (AvgIpc) is 3.51. The topological polar surface area (TPSA) is 80.1 Å². The smallest absolute Gasteiger partial charge is 0.282 e. The Kier molecular flexibility index (Phi) is 6.68. The van der Waals surface area contributed by atoms with E-state index in [1.165, 1.54) is 4.68 Å². The van der Waals surface area contributed by atoms with Crippen molar-refractivity contribution in [3.63, 3.8) is 0 Å². The number of H-pyrrole nitrogens is 1. The van der Waals surface area contributed by atoms with Gasteiger partial charge in [-0.25, -0.2) is 9.67 Å². The third kappa shape index (κ3) is 4.73. The van der Waals surface area contributed by atoms with Crippen LogP contribution in [-0.4, -0.2) is 27.0 Å². The first kappa shape index (κ1) is 23.3. The molecule has 1 atom stereocenters. The van der Waals surface area contributed by atoms with E-state index in [4.69, 9.17) is 16.3 Å². The number of thiophene rings is 1. The highest BCUT2D eigenvalue weighted by Gasteiger charge is 2.25. The van der Waals surface area contributed by atoms with Crippen molar-refractivity contribution >= 4 is 34.7 Å². The maximum Gasteiger partial charge on any atom is 0.282 e. The van der Waals surface area contributed by atoms with Gasteiger partial charge in [0.25, 0.3) is 5.56 Å². The fourth-order valence-corrected chi connectivity index (χ4v) is 5.61. The summed E-state index contributed by atoms with van der Waals surface area (Å²) in [5.74, 6) is 0.403.